The number of nitrogens with zero attached hydrogens (tertiary/aromatic N) is 2. The molecule has 1 aliphatic rings. The van der Waals surface area contributed by atoms with Crippen molar-refractivity contribution in [2.75, 3.05) is 36.8 Å². The average molecular weight is 327 g/mol. The van der Waals surface area contributed by atoms with Crippen LogP contribution in [-0.4, -0.2) is 47.5 Å². The van der Waals surface area contributed by atoms with Gasteiger partial charge in [-0.15, -0.1) is 11.8 Å². The second-order valence-electron chi connectivity index (χ2n) is 6.22. The van der Waals surface area contributed by atoms with E-state index >= 15 is 0 Å². The molecular weight excluding hydrogens is 304 g/mol. The number of anilines is 1. The van der Waals surface area contributed by atoms with E-state index in [0.29, 0.717) is 5.75 Å². The van der Waals surface area contributed by atoms with E-state index in [-0.39, 0.29) is 10.7 Å². The Balaban J connectivity index is 1.86. The largest absolute Gasteiger partial charge is 0.367 e. The third-order valence-electron chi connectivity index (χ3n) is 3.45. The fourth-order valence-electron chi connectivity index (χ4n) is 2.27. The summed E-state index contributed by atoms with van der Waals surface area (Å²) in [5, 5.41) is 0.778. The van der Waals surface area contributed by atoms with Crippen molar-refractivity contribution in [1.29, 1.82) is 0 Å². The molecule has 3 nitrogen and oxygen atoms in total. The number of amides is 1. The number of thioether (sulfide) groups is 1. The van der Waals surface area contributed by atoms with Crippen LogP contribution in [0.5, 0.6) is 0 Å². The molecule has 1 heterocycles. The summed E-state index contributed by atoms with van der Waals surface area (Å²) in [6.45, 7) is 9.65. The zero-order chi connectivity index (χ0) is 15.5. The van der Waals surface area contributed by atoms with Crippen molar-refractivity contribution in [2.24, 2.45) is 0 Å². The quantitative estimate of drug-likeness (QED) is 0.849. The molecule has 116 valence electrons. The molecule has 0 aliphatic carbocycles. The molecule has 0 atom stereocenters. The van der Waals surface area contributed by atoms with Gasteiger partial charge >= 0.3 is 0 Å². The van der Waals surface area contributed by atoms with Crippen LogP contribution < -0.4 is 4.90 Å². The molecule has 0 N–H and O–H groups in total. The van der Waals surface area contributed by atoms with Crippen LogP contribution in [0.15, 0.2) is 24.3 Å². The maximum atomic E-state index is 12.2. The van der Waals surface area contributed by atoms with E-state index in [1.54, 1.807) is 11.8 Å². The third kappa shape index (κ3) is 4.82. The summed E-state index contributed by atoms with van der Waals surface area (Å²) in [4.78, 5) is 16.4. The lowest BCUT2D eigenvalue weighted by Gasteiger charge is -2.36. The molecule has 0 radical (unpaired) electrons. The lowest BCUT2D eigenvalue weighted by Crippen LogP contribution is -2.49. The van der Waals surface area contributed by atoms with Gasteiger partial charge in [-0.1, -0.05) is 44.5 Å². The second-order valence-corrected chi connectivity index (χ2v) is 8.43. The Bertz CT molecular complexity index is 493. The maximum absolute atomic E-state index is 12.2. The molecule has 1 aliphatic heterocycles. The number of rotatable bonds is 3. The van der Waals surface area contributed by atoms with Gasteiger partial charge in [0.2, 0.25) is 5.91 Å². The van der Waals surface area contributed by atoms with Gasteiger partial charge in [0.25, 0.3) is 0 Å². The van der Waals surface area contributed by atoms with Gasteiger partial charge in [-0.25, -0.2) is 0 Å². The smallest absolute Gasteiger partial charge is 0.232 e. The maximum Gasteiger partial charge on any atom is 0.232 e. The lowest BCUT2D eigenvalue weighted by molar-refractivity contribution is -0.128. The van der Waals surface area contributed by atoms with Crippen LogP contribution in [0.3, 0.4) is 0 Å². The molecule has 1 aromatic carbocycles. The Labute approximate surface area is 136 Å². The van der Waals surface area contributed by atoms with Crippen molar-refractivity contribution in [1.82, 2.24) is 4.90 Å². The highest BCUT2D eigenvalue weighted by Crippen LogP contribution is 2.27. The van der Waals surface area contributed by atoms with Gasteiger partial charge in [0, 0.05) is 30.9 Å². The summed E-state index contributed by atoms with van der Waals surface area (Å²) in [5.41, 5.74) is 1.07. The molecule has 5 heteroatoms. The van der Waals surface area contributed by atoms with Crippen LogP contribution in [0.25, 0.3) is 0 Å². The van der Waals surface area contributed by atoms with Crippen molar-refractivity contribution < 1.29 is 4.79 Å². The average Bonchev–Trinajstić information content (AvgIpc) is 2.45. The molecular formula is C16H23ClN2OS. The first-order valence-electron chi connectivity index (χ1n) is 7.28. The van der Waals surface area contributed by atoms with E-state index in [2.05, 4.69) is 25.7 Å². The number of carbonyl (C=O) groups is 1. The zero-order valence-electron chi connectivity index (χ0n) is 12.9. The van der Waals surface area contributed by atoms with Crippen molar-refractivity contribution in [2.45, 2.75) is 25.5 Å². The normalized spacial score (nSPS) is 16.2. The Morgan fingerprint density at radius 2 is 1.81 bits per heavy atom. The fourth-order valence-corrected chi connectivity index (χ4v) is 3.27. The molecule has 0 aromatic heterocycles. The summed E-state index contributed by atoms with van der Waals surface area (Å²) >= 11 is 7.94. The topological polar surface area (TPSA) is 23.6 Å². The highest BCUT2D eigenvalue weighted by atomic mass is 35.5. The van der Waals surface area contributed by atoms with Gasteiger partial charge in [0.05, 0.1) is 16.5 Å². The molecule has 1 fully saturated rings. The van der Waals surface area contributed by atoms with Crippen LogP contribution >= 0.6 is 23.4 Å². The highest BCUT2D eigenvalue weighted by Gasteiger charge is 2.23. The van der Waals surface area contributed by atoms with Crippen molar-refractivity contribution in [3.63, 3.8) is 0 Å². The number of piperazine rings is 1. The summed E-state index contributed by atoms with van der Waals surface area (Å²) in [5.74, 6) is 0.809. The van der Waals surface area contributed by atoms with E-state index in [0.717, 1.165) is 36.9 Å². The van der Waals surface area contributed by atoms with Crippen LogP contribution in [0.1, 0.15) is 20.8 Å². The van der Waals surface area contributed by atoms with Gasteiger partial charge in [0.15, 0.2) is 0 Å². The molecule has 1 amide bonds. The predicted octanol–water partition coefficient (Wildman–Crippen LogP) is 3.52. The van der Waals surface area contributed by atoms with E-state index in [1.807, 2.05) is 29.2 Å². The summed E-state index contributed by atoms with van der Waals surface area (Å²) in [7, 11) is 0. The zero-order valence-corrected chi connectivity index (χ0v) is 14.5. The van der Waals surface area contributed by atoms with E-state index < -0.39 is 0 Å². The minimum Gasteiger partial charge on any atom is -0.367 e. The third-order valence-corrected chi connectivity index (χ3v) is 5.03. The van der Waals surface area contributed by atoms with Crippen LogP contribution in [0, 0.1) is 0 Å². The van der Waals surface area contributed by atoms with Crippen molar-refractivity contribution >= 4 is 35.0 Å². The summed E-state index contributed by atoms with van der Waals surface area (Å²) in [6, 6.07) is 7.89. The van der Waals surface area contributed by atoms with E-state index in [9.17, 15) is 4.79 Å². The first kappa shape index (κ1) is 16.5. The molecule has 0 saturated carbocycles. The molecule has 0 unspecified atom stereocenters. The van der Waals surface area contributed by atoms with Gasteiger partial charge in [-0.3, -0.25) is 4.79 Å². The van der Waals surface area contributed by atoms with Crippen LogP contribution in [-0.2, 0) is 4.79 Å². The SMILES string of the molecule is CC(C)(C)SCC(=O)N1CCN(c2ccccc2Cl)CC1. The Morgan fingerprint density at radius 1 is 1.19 bits per heavy atom. The van der Waals surface area contributed by atoms with Crippen molar-refractivity contribution in [3.8, 4) is 0 Å². The number of hydrogen-bond donors (Lipinski definition) is 0. The first-order chi connectivity index (χ1) is 9.87. The monoisotopic (exact) mass is 326 g/mol. The summed E-state index contributed by atoms with van der Waals surface area (Å²) < 4.78 is 0.134. The Morgan fingerprint density at radius 3 is 2.38 bits per heavy atom. The Kier molecular flexibility index (Phi) is 5.44. The molecule has 1 aromatic rings. The number of benzene rings is 1. The van der Waals surface area contributed by atoms with Gasteiger partial charge < -0.3 is 9.80 Å². The standard InChI is InChI=1S/C16H23ClN2OS/c1-16(2,3)21-12-15(20)19-10-8-18(9-11-19)14-7-5-4-6-13(14)17/h4-7H,8-12H2,1-3H3. The van der Waals surface area contributed by atoms with Gasteiger partial charge in [-0.05, 0) is 12.1 Å². The first-order valence-corrected chi connectivity index (χ1v) is 8.64. The minimum atomic E-state index is 0.134. The fraction of sp³-hybridized carbons (Fsp3) is 0.562. The van der Waals surface area contributed by atoms with E-state index in [4.69, 9.17) is 11.6 Å². The second kappa shape index (κ2) is 6.93. The Hall–Kier alpha value is -0.870. The molecule has 0 bridgehead atoms. The van der Waals surface area contributed by atoms with Crippen molar-refractivity contribution in [3.05, 3.63) is 29.3 Å². The molecule has 1 saturated heterocycles. The lowest BCUT2D eigenvalue weighted by atomic mass is 10.2. The van der Waals surface area contributed by atoms with Gasteiger partial charge in [0.1, 0.15) is 0 Å². The number of para-hydroxylation sites is 1. The van der Waals surface area contributed by atoms with Crippen LogP contribution in [0.4, 0.5) is 5.69 Å². The molecule has 2 rings (SSSR count). The summed E-state index contributed by atoms with van der Waals surface area (Å²) in [6.07, 6.45) is 0. The molecule has 0 spiro atoms. The predicted molar refractivity (Wildman–Crippen MR) is 92.5 cm³/mol. The number of carbonyl (C=O) groups excluding carboxylic acids is 1. The molecule has 21 heavy (non-hydrogen) atoms. The van der Waals surface area contributed by atoms with E-state index in [1.165, 1.54) is 0 Å². The number of hydrogen-bond acceptors (Lipinski definition) is 3. The number of halogens is 1. The van der Waals surface area contributed by atoms with Crippen LogP contribution in [0.2, 0.25) is 5.02 Å². The minimum absolute atomic E-state index is 0.134. The van der Waals surface area contributed by atoms with Gasteiger partial charge in [-0.2, -0.15) is 0 Å². The highest BCUT2D eigenvalue weighted by molar-refractivity contribution is 8.01.